The van der Waals surface area contributed by atoms with E-state index in [4.69, 9.17) is 5.26 Å². The molecule has 0 aliphatic rings. The number of H-pyrrole nitrogens is 1. The molecule has 0 saturated heterocycles. The minimum absolute atomic E-state index is 0.438. The van der Waals surface area contributed by atoms with Gasteiger partial charge in [0.25, 0.3) is 0 Å². The molecule has 1 N–H and O–H groups in total. The predicted molar refractivity (Wildman–Crippen MR) is 54.9 cm³/mol. The third-order valence-electron chi connectivity index (χ3n) is 2.34. The SMILES string of the molecule is CC(C)c1cnc2[nH]cc(C#N)c2c1. The van der Waals surface area contributed by atoms with Gasteiger partial charge in [-0.15, -0.1) is 0 Å². The number of aromatic amines is 1. The minimum atomic E-state index is 0.438. The number of nitrogens with zero attached hydrogens (tertiary/aromatic N) is 2. The Labute approximate surface area is 82.4 Å². The van der Waals surface area contributed by atoms with Crippen molar-refractivity contribution in [2.24, 2.45) is 0 Å². The van der Waals surface area contributed by atoms with Crippen LogP contribution in [0.1, 0.15) is 30.9 Å². The van der Waals surface area contributed by atoms with Crippen LogP contribution < -0.4 is 0 Å². The number of nitrogens with one attached hydrogen (secondary N) is 1. The van der Waals surface area contributed by atoms with Crippen molar-refractivity contribution >= 4 is 11.0 Å². The van der Waals surface area contributed by atoms with Crippen LogP contribution in [0.5, 0.6) is 0 Å². The molecule has 0 radical (unpaired) electrons. The van der Waals surface area contributed by atoms with Gasteiger partial charge in [0.05, 0.1) is 5.56 Å². The summed E-state index contributed by atoms with van der Waals surface area (Å²) in [6.45, 7) is 4.23. The van der Waals surface area contributed by atoms with Crippen LogP contribution in [0.25, 0.3) is 11.0 Å². The van der Waals surface area contributed by atoms with Crippen molar-refractivity contribution in [3.63, 3.8) is 0 Å². The van der Waals surface area contributed by atoms with E-state index < -0.39 is 0 Å². The van der Waals surface area contributed by atoms with Crippen LogP contribution in [0.4, 0.5) is 0 Å². The summed E-state index contributed by atoms with van der Waals surface area (Å²) >= 11 is 0. The summed E-state index contributed by atoms with van der Waals surface area (Å²) < 4.78 is 0. The lowest BCUT2D eigenvalue weighted by atomic mass is 10.0. The highest BCUT2D eigenvalue weighted by atomic mass is 14.8. The second kappa shape index (κ2) is 3.15. The number of hydrogen-bond donors (Lipinski definition) is 1. The number of aromatic nitrogens is 2. The van der Waals surface area contributed by atoms with E-state index in [0.717, 1.165) is 16.6 Å². The van der Waals surface area contributed by atoms with Crippen LogP contribution in [0, 0.1) is 11.3 Å². The van der Waals surface area contributed by atoms with E-state index in [-0.39, 0.29) is 0 Å². The fraction of sp³-hybridized carbons (Fsp3) is 0.273. The molecule has 2 aromatic heterocycles. The predicted octanol–water partition coefficient (Wildman–Crippen LogP) is 2.56. The minimum Gasteiger partial charge on any atom is -0.345 e. The van der Waals surface area contributed by atoms with Gasteiger partial charge in [-0.1, -0.05) is 13.8 Å². The van der Waals surface area contributed by atoms with Crippen molar-refractivity contribution in [1.82, 2.24) is 9.97 Å². The average Bonchev–Trinajstić information content (AvgIpc) is 2.59. The van der Waals surface area contributed by atoms with Crippen molar-refractivity contribution in [3.8, 4) is 6.07 Å². The van der Waals surface area contributed by atoms with Gasteiger partial charge in [0.15, 0.2) is 0 Å². The molecule has 0 spiro atoms. The van der Waals surface area contributed by atoms with Crippen LogP contribution in [-0.4, -0.2) is 9.97 Å². The monoisotopic (exact) mass is 185 g/mol. The van der Waals surface area contributed by atoms with E-state index in [1.807, 2.05) is 12.3 Å². The van der Waals surface area contributed by atoms with Gasteiger partial charge in [0, 0.05) is 17.8 Å². The Balaban J connectivity index is 2.69. The standard InChI is InChI=1S/C11H11N3/c1-7(2)8-3-10-9(4-12)6-14-11(10)13-5-8/h3,5-7H,1-2H3,(H,13,14). The lowest BCUT2D eigenvalue weighted by Gasteiger charge is -2.03. The second-order valence-corrected chi connectivity index (χ2v) is 3.63. The van der Waals surface area contributed by atoms with Crippen molar-refractivity contribution in [1.29, 1.82) is 5.26 Å². The van der Waals surface area contributed by atoms with Gasteiger partial charge in [-0.25, -0.2) is 4.98 Å². The van der Waals surface area contributed by atoms with Crippen molar-refractivity contribution in [2.45, 2.75) is 19.8 Å². The summed E-state index contributed by atoms with van der Waals surface area (Å²) in [5.74, 6) is 0.438. The first-order valence-corrected chi connectivity index (χ1v) is 4.59. The summed E-state index contributed by atoms with van der Waals surface area (Å²) in [4.78, 5) is 7.24. The first-order chi connectivity index (χ1) is 6.72. The highest BCUT2D eigenvalue weighted by Crippen LogP contribution is 2.21. The van der Waals surface area contributed by atoms with E-state index in [1.54, 1.807) is 6.20 Å². The normalized spacial score (nSPS) is 10.7. The molecular formula is C11H11N3. The molecule has 3 heteroatoms. The van der Waals surface area contributed by atoms with Crippen molar-refractivity contribution in [3.05, 3.63) is 29.6 Å². The largest absolute Gasteiger partial charge is 0.345 e. The van der Waals surface area contributed by atoms with E-state index in [9.17, 15) is 0 Å². The third-order valence-corrected chi connectivity index (χ3v) is 2.34. The number of pyridine rings is 1. The van der Waals surface area contributed by atoms with Gasteiger partial charge in [0.1, 0.15) is 11.7 Å². The summed E-state index contributed by atoms with van der Waals surface area (Å²) in [5.41, 5.74) is 2.61. The topological polar surface area (TPSA) is 52.5 Å². The molecule has 0 atom stereocenters. The van der Waals surface area contributed by atoms with E-state index in [2.05, 4.69) is 29.9 Å². The average molecular weight is 185 g/mol. The Hall–Kier alpha value is -1.82. The quantitative estimate of drug-likeness (QED) is 0.742. The summed E-state index contributed by atoms with van der Waals surface area (Å²) in [6, 6.07) is 4.17. The summed E-state index contributed by atoms with van der Waals surface area (Å²) in [5, 5.41) is 9.77. The molecule has 2 rings (SSSR count). The van der Waals surface area contributed by atoms with E-state index >= 15 is 0 Å². The molecule has 14 heavy (non-hydrogen) atoms. The van der Waals surface area contributed by atoms with Gasteiger partial charge in [-0.05, 0) is 17.5 Å². The Morgan fingerprint density at radius 1 is 1.50 bits per heavy atom. The third kappa shape index (κ3) is 1.25. The fourth-order valence-corrected chi connectivity index (χ4v) is 1.43. The highest BCUT2D eigenvalue weighted by molar-refractivity contribution is 5.82. The Kier molecular flexibility index (Phi) is 1.97. The molecule has 2 heterocycles. The molecule has 0 fully saturated rings. The molecule has 0 unspecified atom stereocenters. The maximum atomic E-state index is 8.86. The molecule has 0 saturated carbocycles. The molecule has 3 nitrogen and oxygen atoms in total. The molecule has 0 aliphatic heterocycles. The van der Waals surface area contributed by atoms with Crippen molar-refractivity contribution < 1.29 is 0 Å². The Bertz CT molecular complexity index is 503. The number of hydrogen-bond acceptors (Lipinski definition) is 2. The van der Waals surface area contributed by atoms with Crippen LogP contribution in [0.3, 0.4) is 0 Å². The van der Waals surface area contributed by atoms with E-state index in [0.29, 0.717) is 11.5 Å². The molecule has 2 aromatic rings. The zero-order valence-electron chi connectivity index (χ0n) is 8.20. The van der Waals surface area contributed by atoms with Crippen molar-refractivity contribution in [2.75, 3.05) is 0 Å². The zero-order valence-corrected chi connectivity index (χ0v) is 8.20. The summed E-state index contributed by atoms with van der Waals surface area (Å²) in [7, 11) is 0. The number of rotatable bonds is 1. The fourth-order valence-electron chi connectivity index (χ4n) is 1.43. The first kappa shape index (κ1) is 8.76. The van der Waals surface area contributed by atoms with Gasteiger partial charge >= 0.3 is 0 Å². The molecule has 0 bridgehead atoms. The van der Waals surface area contributed by atoms with Crippen LogP contribution in [-0.2, 0) is 0 Å². The van der Waals surface area contributed by atoms with Gasteiger partial charge in [0.2, 0.25) is 0 Å². The van der Waals surface area contributed by atoms with Crippen LogP contribution in [0.2, 0.25) is 0 Å². The zero-order chi connectivity index (χ0) is 10.1. The number of nitriles is 1. The molecule has 0 aliphatic carbocycles. The van der Waals surface area contributed by atoms with Crippen LogP contribution in [0.15, 0.2) is 18.5 Å². The Morgan fingerprint density at radius 2 is 2.29 bits per heavy atom. The molecule has 70 valence electrons. The lowest BCUT2D eigenvalue weighted by molar-refractivity contribution is 0.862. The molecule has 0 aromatic carbocycles. The smallest absolute Gasteiger partial charge is 0.138 e. The first-order valence-electron chi connectivity index (χ1n) is 4.59. The molecular weight excluding hydrogens is 174 g/mol. The summed E-state index contributed by atoms with van der Waals surface area (Å²) in [6.07, 6.45) is 3.55. The Morgan fingerprint density at radius 3 is 2.93 bits per heavy atom. The van der Waals surface area contributed by atoms with Gasteiger partial charge < -0.3 is 4.98 Å². The van der Waals surface area contributed by atoms with Gasteiger partial charge in [-0.3, -0.25) is 0 Å². The lowest BCUT2D eigenvalue weighted by Crippen LogP contribution is -1.88. The second-order valence-electron chi connectivity index (χ2n) is 3.63. The van der Waals surface area contributed by atoms with E-state index in [1.165, 1.54) is 0 Å². The number of fused-ring (bicyclic) bond motifs is 1. The molecule has 0 amide bonds. The van der Waals surface area contributed by atoms with Crippen LogP contribution >= 0.6 is 0 Å². The maximum Gasteiger partial charge on any atom is 0.138 e. The maximum absolute atomic E-state index is 8.86. The highest BCUT2D eigenvalue weighted by Gasteiger charge is 2.06. The van der Waals surface area contributed by atoms with Gasteiger partial charge in [-0.2, -0.15) is 5.26 Å².